The van der Waals surface area contributed by atoms with Crippen LogP contribution in [0.4, 0.5) is 0 Å². The molecule has 0 bridgehead atoms. The molecule has 2 aliphatic rings. The van der Waals surface area contributed by atoms with Gasteiger partial charge in [-0.3, -0.25) is 5.01 Å². The molecule has 1 aromatic rings. The Morgan fingerprint density at radius 2 is 1.78 bits per heavy atom. The Bertz CT molecular complexity index is 437. The Hall–Kier alpha value is -1.71. The van der Waals surface area contributed by atoms with E-state index in [1.54, 1.807) is 0 Å². The SMILES string of the molecule is C(=N\N1CCCCCC1)/c1ccc2c(c1)OCO2. The molecule has 0 spiro atoms. The second kappa shape index (κ2) is 5.29. The highest BCUT2D eigenvalue weighted by atomic mass is 16.7. The van der Waals surface area contributed by atoms with Gasteiger partial charge >= 0.3 is 0 Å². The van der Waals surface area contributed by atoms with Crippen LogP contribution in [0.3, 0.4) is 0 Å². The van der Waals surface area contributed by atoms with Gasteiger partial charge in [-0.05, 0) is 36.6 Å². The topological polar surface area (TPSA) is 34.1 Å². The zero-order chi connectivity index (χ0) is 12.2. The van der Waals surface area contributed by atoms with E-state index < -0.39 is 0 Å². The molecule has 2 aliphatic heterocycles. The van der Waals surface area contributed by atoms with Crippen molar-refractivity contribution < 1.29 is 9.47 Å². The Labute approximate surface area is 107 Å². The van der Waals surface area contributed by atoms with E-state index in [-0.39, 0.29) is 0 Å². The van der Waals surface area contributed by atoms with Gasteiger partial charge in [-0.15, -0.1) is 0 Å². The third kappa shape index (κ3) is 2.58. The van der Waals surface area contributed by atoms with Gasteiger partial charge in [0, 0.05) is 13.1 Å². The lowest BCUT2D eigenvalue weighted by Crippen LogP contribution is -2.18. The molecule has 0 saturated carbocycles. The summed E-state index contributed by atoms with van der Waals surface area (Å²) in [4.78, 5) is 0. The summed E-state index contributed by atoms with van der Waals surface area (Å²) in [5, 5.41) is 6.72. The fourth-order valence-electron chi connectivity index (χ4n) is 2.31. The lowest BCUT2D eigenvalue weighted by atomic mass is 10.2. The number of rotatable bonds is 2. The summed E-state index contributed by atoms with van der Waals surface area (Å²) in [6.07, 6.45) is 7.07. The molecule has 0 amide bonds. The molecular weight excluding hydrogens is 228 g/mol. The molecule has 0 atom stereocenters. The van der Waals surface area contributed by atoms with Crippen molar-refractivity contribution in [2.45, 2.75) is 25.7 Å². The molecule has 0 N–H and O–H groups in total. The summed E-state index contributed by atoms with van der Waals surface area (Å²) in [5.74, 6) is 1.64. The van der Waals surface area contributed by atoms with E-state index in [4.69, 9.17) is 9.47 Å². The Kier molecular flexibility index (Phi) is 3.35. The summed E-state index contributed by atoms with van der Waals surface area (Å²) in [6, 6.07) is 5.92. The minimum absolute atomic E-state index is 0.321. The molecule has 0 aliphatic carbocycles. The largest absolute Gasteiger partial charge is 0.454 e. The van der Waals surface area contributed by atoms with Crippen molar-refractivity contribution in [1.29, 1.82) is 0 Å². The van der Waals surface area contributed by atoms with Gasteiger partial charge in [0.05, 0.1) is 6.21 Å². The van der Waals surface area contributed by atoms with Crippen molar-refractivity contribution in [2.24, 2.45) is 5.10 Å². The van der Waals surface area contributed by atoms with E-state index in [0.29, 0.717) is 6.79 Å². The number of ether oxygens (including phenoxy) is 2. The van der Waals surface area contributed by atoms with Crippen LogP contribution in [-0.2, 0) is 0 Å². The second-order valence-electron chi connectivity index (χ2n) is 4.73. The van der Waals surface area contributed by atoms with Crippen LogP contribution in [0.25, 0.3) is 0 Å². The Balaban J connectivity index is 1.67. The highest BCUT2D eigenvalue weighted by Gasteiger charge is 2.12. The van der Waals surface area contributed by atoms with E-state index in [9.17, 15) is 0 Å². The maximum absolute atomic E-state index is 5.35. The number of hydrazone groups is 1. The number of hydrogen-bond acceptors (Lipinski definition) is 4. The maximum atomic E-state index is 5.35. The molecule has 3 rings (SSSR count). The number of nitrogens with zero attached hydrogens (tertiary/aromatic N) is 2. The van der Waals surface area contributed by atoms with Gasteiger partial charge in [0.25, 0.3) is 0 Å². The average Bonchev–Trinajstić information content (AvgIpc) is 2.70. The maximum Gasteiger partial charge on any atom is 0.231 e. The first-order valence-electron chi connectivity index (χ1n) is 6.60. The second-order valence-corrected chi connectivity index (χ2v) is 4.73. The van der Waals surface area contributed by atoms with Crippen molar-refractivity contribution in [2.75, 3.05) is 19.9 Å². The van der Waals surface area contributed by atoms with Crippen LogP contribution in [-0.4, -0.2) is 31.1 Å². The van der Waals surface area contributed by atoms with Gasteiger partial charge in [-0.1, -0.05) is 12.8 Å². The van der Waals surface area contributed by atoms with Gasteiger partial charge in [-0.25, -0.2) is 0 Å². The van der Waals surface area contributed by atoms with Crippen molar-refractivity contribution >= 4 is 6.21 Å². The molecule has 1 saturated heterocycles. The van der Waals surface area contributed by atoms with Gasteiger partial charge < -0.3 is 9.47 Å². The van der Waals surface area contributed by atoms with Gasteiger partial charge in [0.1, 0.15) is 0 Å². The van der Waals surface area contributed by atoms with Crippen molar-refractivity contribution in [3.05, 3.63) is 23.8 Å². The smallest absolute Gasteiger partial charge is 0.231 e. The van der Waals surface area contributed by atoms with E-state index >= 15 is 0 Å². The molecular formula is C14H18N2O2. The first-order chi connectivity index (χ1) is 8.92. The summed E-state index contributed by atoms with van der Waals surface area (Å²) in [6.45, 7) is 2.46. The van der Waals surface area contributed by atoms with Gasteiger partial charge in [0.15, 0.2) is 11.5 Å². The molecule has 96 valence electrons. The predicted molar refractivity (Wildman–Crippen MR) is 70.2 cm³/mol. The average molecular weight is 246 g/mol. The third-order valence-corrected chi connectivity index (χ3v) is 3.35. The van der Waals surface area contributed by atoms with Crippen LogP contribution in [0.15, 0.2) is 23.3 Å². The number of hydrogen-bond donors (Lipinski definition) is 0. The Morgan fingerprint density at radius 1 is 1.00 bits per heavy atom. The van der Waals surface area contributed by atoms with Gasteiger partial charge in [-0.2, -0.15) is 5.10 Å². The third-order valence-electron chi connectivity index (χ3n) is 3.35. The molecule has 0 aromatic heterocycles. The zero-order valence-electron chi connectivity index (χ0n) is 10.5. The minimum Gasteiger partial charge on any atom is -0.454 e. The highest BCUT2D eigenvalue weighted by Crippen LogP contribution is 2.32. The summed E-state index contributed by atoms with van der Waals surface area (Å²) in [5.41, 5.74) is 1.06. The van der Waals surface area contributed by atoms with E-state index in [1.807, 2.05) is 24.4 Å². The Morgan fingerprint density at radius 3 is 2.61 bits per heavy atom. The monoisotopic (exact) mass is 246 g/mol. The van der Waals surface area contributed by atoms with E-state index in [2.05, 4.69) is 10.1 Å². The predicted octanol–water partition coefficient (Wildman–Crippen LogP) is 2.63. The van der Waals surface area contributed by atoms with E-state index in [1.165, 1.54) is 25.7 Å². The minimum atomic E-state index is 0.321. The first-order valence-corrected chi connectivity index (χ1v) is 6.60. The molecule has 1 aromatic carbocycles. The molecule has 0 unspecified atom stereocenters. The number of benzene rings is 1. The quantitative estimate of drug-likeness (QED) is 0.752. The molecule has 1 fully saturated rings. The fraction of sp³-hybridized carbons (Fsp3) is 0.500. The lowest BCUT2D eigenvalue weighted by molar-refractivity contribution is 0.174. The van der Waals surface area contributed by atoms with Crippen LogP contribution in [0.1, 0.15) is 31.2 Å². The summed E-state index contributed by atoms with van der Waals surface area (Å²) >= 11 is 0. The number of fused-ring (bicyclic) bond motifs is 1. The standard InChI is InChI=1S/C14H18N2O2/c1-2-4-8-16(7-3-1)15-10-12-5-6-13-14(9-12)18-11-17-13/h5-6,9-10H,1-4,7-8,11H2/b15-10+. The van der Waals surface area contributed by atoms with Crippen molar-refractivity contribution in [3.63, 3.8) is 0 Å². The molecule has 2 heterocycles. The van der Waals surface area contributed by atoms with Crippen LogP contribution < -0.4 is 9.47 Å². The summed E-state index contributed by atoms with van der Waals surface area (Å²) in [7, 11) is 0. The molecule has 4 heteroatoms. The van der Waals surface area contributed by atoms with Crippen LogP contribution >= 0.6 is 0 Å². The van der Waals surface area contributed by atoms with Crippen molar-refractivity contribution in [1.82, 2.24) is 5.01 Å². The van der Waals surface area contributed by atoms with Crippen LogP contribution in [0, 0.1) is 0 Å². The fourth-order valence-corrected chi connectivity index (χ4v) is 2.31. The van der Waals surface area contributed by atoms with Crippen LogP contribution in [0.5, 0.6) is 11.5 Å². The lowest BCUT2D eigenvalue weighted by Gasteiger charge is -2.15. The first kappa shape index (κ1) is 11.4. The van der Waals surface area contributed by atoms with Crippen molar-refractivity contribution in [3.8, 4) is 11.5 Å². The summed E-state index contributed by atoms with van der Waals surface area (Å²) < 4.78 is 10.6. The normalized spacial score (nSPS) is 19.2. The highest BCUT2D eigenvalue weighted by molar-refractivity contribution is 5.80. The molecule has 4 nitrogen and oxygen atoms in total. The van der Waals surface area contributed by atoms with Gasteiger partial charge in [0.2, 0.25) is 6.79 Å². The molecule has 0 radical (unpaired) electrons. The molecule has 18 heavy (non-hydrogen) atoms. The van der Waals surface area contributed by atoms with Crippen LogP contribution in [0.2, 0.25) is 0 Å². The van der Waals surface area contributed by atoms with E-state index in [0.717, 1.165) is 30.2 Å². The zero-order valence-corrected chi connectivity index (χ0v) is 10.5.